The van der Waals surface area contributed by atoms with E-state index in [1.54, 1.807) is 12.7 Å². The van der Waals surface area contributed by atoms with Crippen molar-refractivity contribution in [1.82, 2.24) is 14.8 Å². The largest absolute Gasteiger partial charge is 0.382 e. The Morgan fingerprint density at radius 3 is 3.00 bits per heavy atom. The van der Waals surface area contributed by atoms with Gasteiger partial charge >= 0.3 is 0 Å². The number of benzene rings is 1. The molecule has 1 unspecified atom stereocenters. The van der Waals surface area contributed by atoms with Gasteiger partial charge in [-0.2, -0.15) is 5.10 Å². The quantitative estimate of drug-likeness (QED) is 0.926. The van der Waals surface area contributed by atoms with Crippen molar-refractivity contribution < 1.29 is 0 Å². The summed E-state index contributed by atoms with van der Waals surface area (Å²) in [5.74, 6) is 0. The Kier molecular flexibility index (Phi) is 3.47. The van der Waals surface area contributed by atoms with Crippen LogP contribution >= 0.6 is 0 Å². The second-order valence-corrected chi connectivity index (χ2v) is 6.37. The van der Waals surface area contributed by atoms with Gasteiger partial charge < -0.3 is 5.32 Å². The van der Waals surface area contributed by atoms with Crippen LogP contribution in [-0.4, -0.2) is 20.8 Å². The van der Waals surface area contributed by atoms with Gasteiger partial charge in [0.1, 0.15) is 12.7 Å². The minimum absolute atomic E-state index is 0.391. The Hall–Kier alpha value is -1.84. The molecule has 0 saturated heterocycles. The standard InChI is InChI=1S/C16H22N4/c1-16(2)8-4-7-15(16)19-14-6-3-5-13(9-14)10-20-12-17-11-18-20/h3,5-6,9,11-12,15,19H,4,7-8,10H2,1-2H3. The van der Waals surface area contributed by atoms with Gasteiger partial charge in [0.2, 0.25) is 0 Å². The van der Waals surface area contributed by atoms with E-state index in [0.717, 1.165) is 6.54 Å². The minimum atomic E-state index is 0.391. The van der Waals surface area contributed by atoms with E-state index in [0.29, 0.717) is 11.5 Å². The molecular formula is C16H22N4. The van der Waals surface area contributed by atoms with Crippen LogP contribution in [0.4, 0.5) is 5.69 Å². The fourth-order valence-electron chi connectivity index (χ4n) is 3.06. The normalized spacial score (nSPS) is 21.0. The van der Waals surface area contributed by atoms with Crippen molar-refractivity contribution in [2.24, 2.45) is 5.41 Å². The molecule has 4 heteroatoms. The van der Waals surface area contributed by atoms with Crippen LogP contribution in [0.1, 0.15) is 38.7 Å². The molecule has 0 amide bonds. The van der Waals surface area contributed by atoms with Crippen LogP contribution in [0.2, 0.25) is 0 Å². The maximum Gasteiger partial charge on any atom is 0.137 e. The highest BCUT2D eigenvalue weighted by Crippen LogP contribution is 2.39. The molecule has 1 aliphatic rings. The molecule has 106 valence electrons. The van der Waals surface area contributed by atoms with Crippen molar-refractivity contribution in [1.29, 1.82) is 0 Å². The summed E-state index contributed by atoms with van der Waals surface area (Å²) < 4.78 is 1.85. The third kappa shape index (κ3) is 2.84. The maximum atomic E-state index is 4.15. The maximum absolute atomic E-state index is 4.15. The highest BCUT2D eigenvalue weighted by atomic mass is 15.3. The van der Waals surface area contributed by atoms with Crippen LogP contribution in [-0.2, 0) is 6.54 Å². The van der Waals surface area contributed by atoms with Crippen LogP contribution in [0.15, 0.2) is 36.9 Å². The zero-order chi connectivity index (χ0) is 14.0. The molecule has 1 aliphatic carbocycles. The number of nitrogens with zero attached hydrogens (tertiary/aromatic N) is 3. The van der Waals surface area contributed by atoms with Crippen molar-refractivity contribution >= 4 is 5.69 Å². The summed E-state index contributed by atoms with van der Waals surface area (Å²) in [4.78, 5) is 3.98. The van der Waals surface area contributed by atoms with E-state index in [1.807, 2.05) is 4.68 Å². The van der Waals surface area contributed by atoms with Gasteiger partial charge in [-0.25, -0.2) is 9.67 Å². The Morgan fingerprint density at radius 2 is 2.30 bits per heavy atom. The molecule has 1 N–H and O–H groups in total. The Balaban J connectivity index is 1.71. The highest BCUT2D eigenvalue weighted by molar-refractivity contribution is 5.47. The highest BCUT2D eigenvalue weighted by Gasteiger charge is 2.34. The van der Waals surface area contributed by atoms with Gasteiger partial charge in [-0.15, -0.1) is 0 Å². The lowest BCUT2D eigenvalue weighted by molar-refractivity contribution is 0.350. The van der Waals surface area contributed by atoms with Gasteiger partial charge in [0.25, 0.3) is 0 Å². The molecule has 1 heterocycles. The van der Waals surface area contributed by atoms with Crippen molar-refractivity contribution in [3.63, 3.8) is 0 Å². The smallest absolute Gasteiger partial charge is 0.137 e. The molecule has 0 bridgehead atoms. The molecule has 0 aliphatic heterocycles. The molecule has 3 rings (SSSR count). The predicted molar refractivity (Wildman–Crippen MR) is 80.6 cm³/mol. The van der Waals surface area contributed by atoms with Gasteiger partial charge in [-0.05, 0) is 36.0 Å². The van der Waals surface area contributed by atoms with E-state index < -0.39 is 0 Å². The second kappa shape index (κ2) is 5.27. The molecule has 2 aromatic rings. The number of anilines is 1. The number of rotatable bonds is 4. The SMILES string of the molecule is CC1(C)CCCC1Nc1cccc(Cn2cncn2)c1. The zero-order valence-electron chi connectivity index (χ0n) is 12.2. The minimum Gasteiger partial charge on any atom is -0.382 e. The average molecular weight is 270 g/mol. The summed E-state index contributed by atoms with van der Waals surface area (Å²) in [5.41, 5.74) is 2.85. The molecule has 20 heavy (non-hydrogen) atoms. The van der Waals surface area contributed by atoms with Crippen LogP contribution in [0.5, 0.6) is 0 Å². The first-order chi connectivity index (χ1) is 9.63. The molecule has 4 nitrogen and oxygen atoms in total. The fourth-order valence-corrected chi connectivity index (χ4v) is 3.06. The lowest BCUT2D eigenvalue weighted by atomic mass is 9.87. The molecular weight excluding hydrogens is 248 g/mol. The third-order valence-corrected chi connectivity index (χ3v) is 4.34. The Bertz CT molecular complexity index is 560. The van der Waals surface area contributed by atoms with Crippen molar-refractivity contribution in [3.05, 3.63) is 42.5 Å². The molecule has 1 atom stereocenters. The summed E-state index contributed by atoms with van der Waals surface area (Å²) in [6, 6.07) is 9.18. The lowest BCUT2D eigenvalue weighted by Gasteiger charge is -2.28. The predicted octanol–water partition coefficient (Wildman–Crippen LogP) is 3.32. The number of nitrogens with one attached hydrogen (secondary N) is 1. The van der Waals surface area contributed by atoms with Crippen molar-refractivity contribution in [2.45, 2.75) is 45.7 Å². The van der Waals surface area contributed by atoms with Gasteiger partial charge in [-0.1, -0.05) is 32.4 Å². The van der Waals surface area contributed by atoms with E-state index in [2.05, 4.69) is 53.5 Å². The van der Waals surface area contributed by atoms with Gasteiger partial charge in [0.15, 0.2) is 0 Å². The molecule has 1 saturated carbocycles. The van der Waals surface area contributed by atoms with Crippen LogP contribution in [0, 0.1) is 5.41 Å². The van der Waals surface area contributed by atoms with E-state index in [1.165, 1.54) is 30.5 Å². The molecule has 1 fully saturated rings. The molecule has 0 radical (unpaired) electrons. The molecule has 1 aromatic heterocycles. The summed E-state index contributed by atoms with van der Waals surface area (Å²) in [5, 5.41) is 7.86. The Morgan fingerprint density at radius 1 is 1.40 bits per heavy atom. The summed E-state index contributed by atoms with van der Waals surface area (Å²) >= 11 is 0. The lowest BCUT2D eigenvalue weighted by Crippen LogP contribution is -2.30. The molecule has 0 spiro atoms. The topological polar surface area (TPSA) is 42.7 Å². The van der Waals surface area contributed by atoms with Crippen LogP contribution < -0.4 is 5.32 Å². The number of hydrogen-bond donors (Lipinski definition) is 1. The number of hydrogen-bond acceptors (Lipinski definition) is 3. The summed E-state index contributed by atoms with van der Waals surface area (Å²) in [7, 11) is 0. The van der Waals surface area contributed by atoms with Gasteiger partial charge in [-0.3, -0.25) is 0 Å². The number of aromatic nitrogens is 3. The Labute approximate surface area is 120 Å². The van der Waals surface area contributed by atoms with E-state index in [-0.39, 0.29) is 0 Å². The van der Waals surface area contributed by atoms with Gasteiger partial charge in [0, 0.05) is 11.7 Å². The first-order valence-electron chi connectivity index (χ1n) is 7.31. The van der Waals surface area contributed by atoms with E-state index in [4.69, 9.17) is 0 Å². The average Bonchev–Trinajstić information content (AvgIpc) is 3.01. The van der Waals surface area contributed by atoms with Crippen LogP contribution in [0.3, 0.4) is 0 Å². The zero-order valence-corrected chi connectivity index (χ0v) is 12.2. The van der Waals surface area contributed by atoms with Crippen molar-refractivity contribution in [2.75, 3.05) is 5.32 Å². The van der Waals surface area contributed by atoms with Gasteiger partial charge in [0.05, 0.1) is 6.54 Å². The van der Waals surface area contributed by atoms with E-state index >= 15 is 0 Å². The van der Waals surface area contributed by atoms with E-state index in [9.17, 15) is 0 Å². The first kappa shape index (κ1) is 13.2. The second-order valence-electron chi connectivity index (χ2n) is 6.37. The summed E-state index contributed by atoms with van der Waals surface area (Å²) in [6.45, 7) is 5.48. The van der Waals surface area contributed by atoms with Crippen molar-refractivity contribution in [3.8, 4) is 0 Å². The summed E-state index contributed by atoms with van der Waals surface area (Å²) in [6.07, 6.45) is 7.22. The molecule has 1 aromatic carbocycles. The monoisotopic (exact) mass is 270 g/mol. The third-order valence-electron chi connectivity index (χ3n) is 4.34. The first-order valence-corrected chi connectivity index (χ1v) is 7.31. The fraction of sp³-hybridized carbons (Fsp3) is 0.500. The van der Waals surface area contributed by atoms with Crippen LogP contribution in [0.25, 0.3) is 0 Å².